The highest BCUT2D eigenvalue weighted by atomic mass is 32.2. The zero-order chi connectivity index (χ0) is 8.97. The van der Waals surface area contributed by atoms with Gasteiger partial charge in [0.05, 0.1) is 6.10 Å². The zero-order valence-corrected chi connectivity index (χ0v) is 8.94. The van der Waals surface area contributed by atoms with Gasteiger partial charge in [-0.15, -0.1) is 0 Å². The zero-order valence-electron chi connectivity index (χ0n) is 8.12. The van der Waals surface area contributed by atoms with Gasteiger partial charge in [0.25, 0.3) is 0 Å². The summed E-state index contributed by atoms with van der Waals surface area (Å²) in [6.07, 6.45) is 3.39. The number of hydrogen-bond donors (Lipinski definition) is 1. The first-order valence-corrected chi connectivity index (χ1v) is 6.11. The molecule has 0 aromatic carbocycles. The Hall–Kier alpha value is 0.310. The molecule has 0 amide bonds. The van der Waals surface area contributed by atoms with E-state index in [1.165, 1.54) is 24.3 Å². The van der Waals surface area contributed by atoms with Gasteiger partial charge in [-0.25, -0.2) is 0 Å². The maximum Gasteiger partial charge on any atom is 0.0571 e. The molecule has 1 atom stereocenters. The molecule has 0 radical (unpaired) electrons. The minimum absolute atomic E-state index is 0.0362. The first-order chi connectivity index (χ1) is 5.70. The van der Waals surface area contributed by atoms with E-state index in [0.717, 1.165) is 6.42 Å². The van der Waals surface area contributed by atoms with Crippen LogP contribution < -0.4 is 0 Å². The van der Waals surface area contributed by atoms with Gasteiger partial charge < -0.3 is 5.11 Å². The van der Waals surface area contributed by atoms with Gasteiger partial charge in [0.15, 0.2) is 0 Å². The molecule has 1 N–H and O–H groups in total. The molecule has 0 aromatic rings. The predicted molar refractivity (Wildman–Crippen MR) is 55.5 cm³/mol. The molecule has 2 heteroatoms. The molecule has 1 fully saturated rings. The van der Waals surface area contributed by atoms with Crippen molar-refractivity contribution in [3.63, 3.8) is 0 Å². The van der Waals surface area contributed by atoms with Gasteiger partial charge in [0.1, 0.15) is 0 Å². The third-order valence-electron chi connectivity index (χ3n) is 2.52. The van der Waals surface area contributed by atoms with Crippen molar-refractivity contribution in [1.29, 1.82) is 0 Å². The van der Waals surface area contributed by atoms with Crippen LogP contribution in [-0.4, -0.2) is 22.7 Å². The largest absolute Gasteiger partial charge is 0.393 e. The Bertz CT molecular complexity index is 119. The van der Waals surface area contributed by atoms with Gasteiger partial charge in [-0.3, -0.25) is 0 Å². The lowest BCUT2D eigenvalue weighted by atomic mass is 9.90. The van der Waals surface area contributed by atoms with E-state index >= 15 is 0 Å². The number of aliphatic hydroxyl groups is 1. The predicted octanol–water partition coefficient (Wildman–Crippen LogP) is 2.54. The third kappa shape index (κ3) is 3.36. The first-order valence-electron chi connectivity index (χ1n) is 4.96. The van der Waals surface area contributed by atoms with Crippen molar-refractivity contribution in [2.24, 2.45) is 11.8 Å². The summed E-state index contributed by atoms with van der Waals surface area (Å²) in [6.45, 7) is 4.36. The van der Waals surface area contributed by atoms with Crippen molar-refractivity contribution in [3.8, 4) is 0 Å². The minimum atomic E-state index is -0.0362. The van der Waals surface area contributed by atoms with Crippen molar-refractivity contribution in [3.05, 3.63) is 0 Å². The van der Waals surface area contributed by atoms with Gasteiger partial charge >= 0.3 is 0 Å². The van der Waals surface area contributed by atoms with Gasteiger partial charge in [-0.05, 0) is 42.6 Å². The van der Waals surface area contributed by atoms with Crippen molar-refractivity contribution in [2.75, 3.05) is 11.5 Å². The third-order valence-corrected chi connectivity index (χ3v) is 3.57. The second-order valence-electron chi connectivity index (χ2n) is 4.15. The number of hydrogen-bond acceptors (Lipinski definition) is 2. The summed E-state index contributed by atoms with van der Waals surface area (Å²) in [6, 6.07) is 0. The lowest BCUT2D eigenvalue weighted by Crippen LogP contribution is -2.25. The Morgan fingerprint density at radius 1 is 1.33 bits per heavy atom. The Balaban J connectivity index is 2.24. The lowest BCUT2D eigenvalue weighted by Gasteiger charge is -2.27. The van der Waals surface area contributed by atoms with Gasteiger partial charge in [0, 0.05) is 0 Å². The van der Waals surface area contributed by atoms with Gasteiger partial charge in [0.2, 0.25) is 0 Å². The summed E-state index contributed by atoms with van der Waals surface area (Å²) < 4.78 is 0. The van der Waals surface area contributed by atoms with E-state index in [-0.39, 0.29) is 6.10 Å². The summed E-state index contributed by atoms with van der Waals surface area (Å²) in [7, 11) is 0. The van der Waals surface area contributed by atoms with Crippen LogP contribution in [0.15, 0.2) is 0 Å². The van der Waals surface area contributed by atoms with Crippen molar-refractivity contribution < 1.29 is 5.11 Å². The molecule has 1 saturated heterocycles. The van der Waals surface area contributed by atoms with Crippen molar-refractivity contribution >= 4 is 11.8 Å². The fourth-order valence-electron chi connectivity index (χ4n) is 1.78. The highest BCUT2D eigenvalue weighted by Crippen LogP contribution is 2.27. The van der Waals surface area contributed by atoms with E-state index < -0.39 is 0 Å². The number of rotatable bonds is 3. The summed E-state index contributed by atoms with van der Waals surface area (Å²) >= 11 is 2.02. The van der Waals surface area contributed by atoms with Crippen LogP contribution in [0.25, 0.3) is 0 Å². The fraction of sp³-hybridized carbons (Fsp3) is 1.00. The van der Waals surface area contributed by atoms with Crippen molar-refractivity contribution in [2.45, 2.75) is 39.2 Å². The van der Waals surface area contributed by atoms with Crippen LogP contribution in [0.5, 0.6) is 0 Å². The Kier molecular flexibility index (Phi) is 4.44. The molecular weight excluding hydrogens is 168 g/mol. The summed E-state index contributed by atoms with van der Waals surface area (Å²) in [5.41, 5.74) is 0. The molecule has 72 valence electrons. The van der Waals surface area contributed by atoms with Crippen LogP contribution in [0.2, 0.25) is 0 Å². The molecule has 0 unspecified atom stereocenters. The highest BCUT2D eigenvalue weighted by molar-refractivity contribution is 7.99. The molecule has 1 rings (SSSR count). The molecule has 1 aliphatic heterocycles. The molecular formula is C10H20OS. The summed E-state index contributed by atoms with van der Waals surface area (Å²) in [5.74, 6) is 3.72. The standard InChI is InChI=1S/C10H20OS/c1-8(2)7-10(11)9-3-5-12-6-4-9/h8-11H,3-7H2,1-2H3/t10-/m0/s1. The SMILES string of the molecule is CC(C)C[C@H](O)C1CCSCC1. The molecule has 0 saturated carbocycles. The Morgan fingerprint density at radius 2 is 1.92 bits per heavy atom. The maximum absolute atomic E-state index is 9.84. The van der Waals surface area contributed by atoms with Crippen LogP contribution in [0.3, 0.4) is 0 Å². The van der Waals surface area contributed by atoms with Crippen LogP contribution in [0.4, 0.5) is 0 Å². The van der Waals surface area contributed by atoms with E-state index in [9.17, 15) is 5.11 Å². The summed E-state index contributed by atoms with van der Waals surface area (Å²) in [4.78, 5) is 0. The monoisotopic (exact) mass is 188 g/mol. The van der Waals surface area contributed by atoms with Crippen LogP contribution in [0.1, 0.15) is 33.1 Å². The Labute approximate surface area is 79.9 Å². The molecule has 0 bridgehead atoms. The molecule has 0 spiro atoms. The fourth-order valence-corrected chi connectivity index (χ4v) is 2.92. The maximum atomic E-state index is 9.84. The number of aliphatic hydroxyl groups excluding tert-OH is 1. The molecule has 12 heavy (non-hydrogen) atoms. The van der Waals surface area contributed by atoms with E-state index in [0.29, 0.717) is 11.8 Å². The van der Waals surface area contributed by atoms with Crippen LogP contribution in [0, 0.1) is 11.8 Å². The topological polar surface area (TPSA) is 20.2 Å². The molecule has 1 aliphatic rings. The van der Waals surface area contributed by atoms with Crippen LogP contribution >= 0.6 is 11.8 Å². The minimum Gasteiger partial charge on any atom is -0.393 e. The second kappa shape index (κ2) is 5.13. The average Bonchev–Trinajstić information content (AvgIpc) is 2.05. The molecule has 1 heterocycles. The van der Waals surface area contributed by atoms with Crippen LogP contribution in [-0.2, 0) is 0 Å². The lowest BCUT2D eigenvalue weighted by molar-refractivity contribution is 0.0820. The highest BCUT2D eigenvalue weighted by Gasteiger charge is 2.22. The second-order valence-corrected chi connectivity index (χ2v) is 5.37. The summed E-state index contributed by atoms with van der Waals surface area (Å²) in [5, 5.41) is 9.84. The average molecular weight is 188 g/mol. The van der Waals surface area contributed by atoms with E-state index in [4.69, 9.17) is 0 Å². The van der Waals surface area contributed by atoms with E-state index in [1.54, 1.807) is 0 Å². The molecule has 0 aliphatic carbocycles. The molecule has 0 aromatic heterocycles. The van der Waals surface area contributed by atoms with Crippen molar-refractivity contribution in [1.82, 2.24) is 0 Å². The smallest absolute Gasteiger partial charge is 0.0571 e. The van der Waals surface area contributed by atoms with E-state index in [1.807, 2.05) is 11.8 Å². The first kappa shape index (κ1) is 10.4. The number of thioether (sulfide) groups is 1. The van der Waals surface area contributed by atoms with Gasteiger partial charge in [-0.2, -0.15) is 11.8 Å². The van der Waals surface area contributed by atoms with Gasteiger partial charge in [-0.1, -0.05) is 13.8 Å². The Morgan fingerprint density at radius 3 is 2.42 bits per heavy atom. The quantitative estimate of drug-likeness (QED) is 0.734. The molecule has 1 nitrogen and oxygen atoms in total. The normalized spacial score (nSPS) is 23.0. The van der Waals surface area contributed by atoms with E-state index in [2.05, 4.69) is 13.8 Å².